The minimum absolute atomic E-state index is 0.0772. The van der Waals surface area contributed by atoms with Gasteiger partial charge >= 0.3 is 5.97 Å². The highest BCUT2D eigenvalue weighted by molar-refractivity contribution is 8.26. The van der Waals surface area contributed by atoms with Gasteiger partial charge in [-0.15, -0.1) is 0 Å². The fraction of sp³-hybridized carbons (Fsp3) is 0.429. The van der Waals surface area contributed by atoms with Gasteiger partial charge in [0.15, 0.2) is 11.9 Å². The fourth-order valence-corrected chi connectivity index (χ4v) is 4.31. The summed E-state index contributed by atoms with van der Waals surface area (Å²) in [5.74, 6) is -1.01. The van der Waals surface area contributed by atoms with Gasteiger partial charge in [0.05, 0.1) is 4.91 Å². The van der Waals surface area contributed by atoms with Crippen LogP contribution in [0.1, 0.15) is 46.1 Å². The zero-order chi connectivity index (χ0) is 21.7. The molecule has 1 fully saturated rings. The summed E-state index contributed by atoms with van der Waals surface area (Å²) >= 11 is 6.38. The quantitative estimate of drug-likeness (QED) is 0.461. The van der Waals surface area contributed by atoms with Crippen LogP contribution in [0.3, 0.4) is 0 Å². The van der Waals surface area contributed by atoms with Crippen molar-refractivity contribution in [1.29, 1.82) is 0 Å². The van der Waals surface area contributed by atoms with E-state index in [0.717, 1.165) is 11.8 Å². The lowest BCUT2D eigenvalue weighted by Gasteiger charge is -2.24. The van der Waals surface area contributed by atoms with E-state index in [1.165, 1.54) is 11.8 Å². The third-order valence-electron chi connectivity index (χ3n) is 4.41. The smallest absolute Gasteiger partial charge is 0.326 e. The summed E-state index contributed by atoms with van der Waals surface area (Å²) < 4.78 is 6.06. The zero-order valence-electron chi connectivity index (χ0n) is 16.9. The number of Topliss-reactive ketones (excluding diaryl/α,β-unsaturated/α-hetero) is 1. The van der Waals surface area contributed by atoms with E-state index in [0.29, 0.717) is 29.1 Å². The summed E-state index contributed by atoms with van der Waals surface area (Å²) in [6.45, 7) is 7.13. The number of nitrogens with zero attached hydrogens (tertiary/aromatic N) is 1. The van der Waals surface area contributed by atoms with E-state index in [2.05, 4.69) is 0 Å². The SMILES string of the molecule is CCC(Oc1ccccc1/C=C1\SC(=S)N(C(CC(C)C)C(=O)O)C1=O)C(C)=O. The maximum Gasteiger partial charge on any atom is 0.326 e. The molecule has 1 aliphatic heterocycles. The molecule has 0 bridgehead atoms. The Hall–Kier alpha value is -2.19. The molecule has 2 rings (SSSR count). The second kappa shape index (κ2) is 10.0. The summed E-state index contributed by atoms with van der Waals surface area (Å²) in [7, 11) is 0. The summed E-state index contributed by atoms with van der Waals surface area (Å²) in [5, 5.41) is 9.58. The monoisotopic (exact) mass is 435 g/mol. The molecule has 0 spiro atoms. The van der Waals surface area contributed by atoms with Crippen molar-refractivity contribution < 1.29 is 24.2 Å². The Bertz CT molecular complexity index is 849. The van der Waals surface area contributed by atoms with Gasteiger partial charge in [-0.25, -0.2) is 4.79 Å². The molecule has 1 heterocycles. The van der Waals surface area contributed by atoms with Crippen molar-refractivity contribution in [2.45, 2.75) is 52.7 Å². The Balaban J connectivity index is 2.34. The number of benzene rings is 1. The summed E-state index contributed by atoms with van der Waals surface area (Å²) in [6.07, 6.45) is 1.91. The van der Waals surface area contributed by atoms with Crippen molar-refractivity contribution >= 4 is 52.0 Å². The highest BCUT2D eigenvalue weighted by atomic mass is 32.2. The Morgan fingerprint density at radius 3 is 2.52 bits per heavy atom. The van der Waals surface area contributed by atoms with Crippen LogP contribution in [0.5, 0.6) is 5.75 Å². The highest BCUT2D eigenvalue weighted by Gasteiger charge is 2.40. The largest absolute Gasteiger partial charge is 0.482 e. The first-order valence-electron chi connectivity index (χ1n) is 9.41. The minimum Gasteiger partial charge on any atom is -0.482 e. The van der Waals surface area contributed by atoms with Crippen LogP contribution < -0.4 is 4.74 Å². The maximum absolute atomic E-state index is 12.9. The molecule has 1 N–H and O–H groups in total. The second-order valence-electron chi connectivity index (χ2n) is 7.20. The first kappa shape index (κ1) is 23.1. The van der Waals surface area contributed by atoms with Crippen LogP contribution in [-0.2, 0) is 14.4 Å². The predicted octanol–water partition coefficient (Wildman–Crippen LogP) is 4.13. The molecule has 1 aromatic carbocycles. The van der Waals surface area contributed by atoms with Crippen LogP contribution in [0, 0.1) is 5.92 Å². The van der Waals surface area contributed by atoms with Gasteiger partial charge in [-0.1, -0.05) is 63.0 Å². The van der Waals surface area contributed by atoms with Crippen molar-refractivity contribution in [2.24, 2.45) is 5.92 Å². The number of carbonyl (C=O) groups excluding carboxylic acids is 2. The molecule has 0 radical (unpaired) electrons. The van der Waals surface area contributed by atoms with Crippen LogP contribution in [0.4, 0.5) is 0 Å². The number of thiocarbonyl (C=S) groups is 1. The molecule has 1 saturated heterocycles. The topological polar surface area (TPSA) is 83.9 Å². The highest BCUT2D eigenvalue weighted by Crippen LogP contribution is 2.36. The van der Waals surface area contributed by atoms with E-state index in [1.54, 1.807) is 30.3 Å². The average molecular weight is 436 g/mol. The molecular formula is C21H25NO5S2. The number of carboxylic acids is 1. The van der Waals surface area contributed by atoms with Gasteiger partial charge < -0.3 is 9.84 Å². The number of carbonyl (C=O) groups is 3. The van der Waals surface area contributed by atoms with Gasteiger partial charge in [-0.3, -0.25) is 14.5 Å². The number of ether oxygens (including phenoxy) is 1. The first-order valence-corrected chi connectivity index (χ1v) is 10.6. The lowest BCUT2D eigenvalue weighted by atomic mass is 10.0. The predicted molar refractivity (Wildman–Crippen MR) is 118 cm³/mol. The minimum atomic E-state index is -1.08. The number of hydrogen-bond acceptors (Lipinski definition) is 6. The van der Waals surface area contributed by atoms with Crippen LogP contribution in [-0.4, -0.2) is 44.1 Å². The van der Waals surface area contributed by atoms with E-state index < -0.39 is 24.0 Å². The molecule has 156 valence electrons. The molecule has 2 atom stereocenters. The van der Waals surface area contributed by atoms with Gasteiger partial charge in [-0.2, -0.15) is 0 Å². The van der Waals surface area contributed by atoms with Gasteiger partial charge in [0, 0.05) is 5.56 Å². The molecule has 0 aromatic heterocycles. The number of amides is 1. The van der Waals surface area contributed by atoms with E-state index >= 15 is 0 Å². The number of thioether (sulfide) groups is 1. The molecule has 0 aliphatic carbocycles. The molecular weight excluding hydrogens is 410 g/mol. The Labute approximate surface area is 180 Å². The second-order valence-corrected chi connectivity index (χ2v) is 8.87. The van der Waals surface area contributed by atoms with Gasteiger partial charge in [0.2, 0.25) is 0 Å². The Morgan fingerprint density at radius 2 is 1.97 bits per heavy atom. The number of hydrogen-bond donors (Lipinski definition) is 1. The number of para-hydroxylation sites is 1. The van der Waals surface area contributed by atoms with Crippen molar-refractivity contribution in [3.63, 3.8) is 0 Å². The molecule has 1 amide bonds. The molecule has 1 aromatic rings. The third kappa shape index (κ3) is 5.67. The van der Waals surface area contributed by atoms with E-state index in [4.69, 9.17) is 17.0 Å². The fourth-order valence-electron chi connectivity index (χ4n) is 2.97. The summed E-state index contributed by atoms with van der Waals surface area (Å²) in [4.78, 5) is 37.9. The first-order chi connectivity index (χ1) is 13.6. The molecule has 6 nitrogen and oxygen atoms in total. The van der Waals surface area contributed by atoms with Gasteiger partial charge in [0.1, 0.15) is 16.1 Å². The van der Waals surface area contributed by atoms with E-state index in [-0.39, 0.29) is 16.0 Å². The van der Waals surface area contributed by atoms with Crippen molar-refractivity contribution in [2.75, 3.05) is 0 Å². The molecule has 2 unspecified atom stereocenters. The van der Waals surface area contributed by atoms with Crippen molar-refractivity contribution in [3.8, 4) is 5.75 Å². The summed E-state index contributed by atoms with van der Waals surface area (Å²) in [5.41, 5.74) is 0.628. The third-order valence-corrected chi connectivity index (χ3v) is 5.74. The molecule has 0 saturated carbocycles. The van der Waals surface area contributed by atoms with Gasteiger partial charge in [0.25, 0.3) is 5.91 Å². The number of ketones is 1. The van der Waals surface area contributed by atoms with Crippen LogP contribution in [0.2, 0.25) is 0 Å². The van der Waals surface area contributed by atoms with Crippen molar-refractivity contribution in [3.05, 3.63) is 34.7 Å². The lowest BCUT2D eigenvalue weighted by Crippen LogP contribution is -2.44. The van der Waals surface area contributed by atoms with Crippen LogP contribution >= 0.6 is 24.0 Å². The van der Waals surface area contributed by atoms with E-state index in [1.807, 2.05) is 20.8 Å². The molecule has 29 heavy (non-hydrogen) atoms. The van der Waals surface area contributed by atoms with Gasteiger partial charge in [-0.05, 0) is 37.8 Å². The van der Waals surface area contributed by atoms with E-state index in [9.17, 15) is 19.5 Å². The maximum atomic E-state index is 12.9. The van der Waals surface area contributed by atoms with Crippen LogP contribution in [0.25, 0.3) is 6.08 Å². The molecule has 1 aliphatic rings. The normalized spacial score (nSPS) is 17.7. The average Bonchev–Trinajstić information content (AvgIpc) is 2.91. The number of aliphatic carboxylic acids is 1. The number of rotatable bonds is 9. The summed E-state index contributed by atoms with van der Waals surface area (Å²) in [6, 6.07) is 6.09. The Kier molecular flexibility index (Phi) is 7.98. The lowest BCUT2D eigenvalue weighted by molar-refractivity contribution is -0.145. The standard InChI is InChI=1S/C21H25NO5S2/c1-5-16(13(4)23)27-17-9-7-6-8-14(17)11-18-19(24)22(21(28)29-18)15(20(25)26)10-12(2)3/h6-9,11-12,15-16H,5,10H2,1-4H3,(H,25,26)/b18-11-. The Morgan fingerprint density at radius 1 is 1.31 bits per heavy atom. The van der Waals surface area contributed by atoms with Crippen LogP contribution in [0.15, 0.2) is 29.2 Å². The number of carboxylic acid groups (broad SMARTS) is 1. The molecule has 8 heteroatoms. The zero-order valence-corrected chi connectivity index (χ0v) is 18.5. The van der Waals surface area contributed by atoms with Crippen molar-refractivity contribution in [1.82, 2.24) is 4.90 Å².